The predicted octanol–water partition coefficient (Wildman–Crippen LogP) is 4.67. The molecule has 0 aliphatic heterocycles. The number of carbonyl (C=O) groups excluding carboxylic acids is 1. The Morgan fingerprint density at radius 3 is 2.47 bits per heavy atom. The number of nitrogens with zero attached hydrogens (tertiary/aromatic N) is 3. The fourth-order valence-corrected chi connectivity index (χ4v) is 3.73. The molecule has 1 heterocycles. The van der Waals surface area contributed by atoms with Crippen LogP contribution in [0.2, 0.25) is 0 Å². The number of methoxy groups -OCH3 is 1. The van der Waals surface area contributed by atoms with E-state index in [9.17, 15) is 9.59 Å². The fourth-order valence-electron chi connectivity index (χ4n) is 3.46. The van der Waals surface area contributed by atoms with Gasteiger partial charge < -0.3 is 15.0 Å². The Morgan fingerprint density at radius 2 is 1.84 bits per heavy atom. The fraction of sp³-hybridized carbons (Fsp3) is 0.375. The molecule has 3 aromatic rings. The van der Waals surface area contributed by atoms with E-state index >= 15 is 0 Å². The lowest BCUT2D eigenvalue weighted by Crippen LogP contribution is -2.50. The van der Waals surface area contributed by atoms with Crippen LogP contribution in [0.3, 0.4) is 0 Å². The normalized spacial score (nSPS) is 12.6. The van der Waals surface area contributed by atoms with Gasteiger partial charge in [0, 0.05) is 23.7 Å². The number of nitrogens with one attached hydrogen (secondary N) is 1. The molecule has 2 amide bonds. The maximum atomic E-state index is 13.5. The first-order valence-corrected chi connectivity index (χ1v) is 11.3. The summed E-state index contributed by atoms with van der Waals surface area (Å²) < 4.78 is 7.74. The lowest BCUT2D eigenvalue weighted by molar-refractivity contribution is 0.126. The second-order valence-corrected chi connectivity index (χ2v) is 9.56. The van der Waals surface area contributed by atoms with E-state index < -0.39 is 11.6 Å². The molecular weight excluding hydrogens is 472 g/mol. The summed E-state index contributed by atoms with van der Waals surface area (Å²) in [4.78, 5) is 33.2. The predicted molar refractivity (Wildman–Crippen MR) is 130 cm³/mol. The highest BCUT2D eigenvalue weighted by Gasteiger charge is 2.28. The second-order valence-electron chi connectivity index (χ2n) is 8.65. The molecule has 1 atom stereocenters. The van der Waals surface area contributed by atoms with E-state index in [1.807, 2.05) is 70.2 Å². The lowest BCUT2D eigenvalue weighted by Gasteiger charge is -2.33. The highest BCUT2D eigenvalue weighted by atomic mass is 79.9. The molecule has 7 nitrogen and oxygen atoms in total. The van der Waals surface area contributed by atoms with Gasteiger partial charge in [-0.25, -0.2) is 9.78 Å². The van der Waals surface area contributed by atoms with Gasteiger partial charge in [0.15, 0.2) is 0 Å². The van der Waals surface area contributed by atoms with Gasteiger partial charge in [-0.05, 0) is 64.1 Å². The van der Waals surface area contributed by atoms with Gasteiger partial charge >= 0.3 is 6.03 Å². The first kappa shape index (κ1) is 23.9. The average molecular weight is 501 g/mol. The number of rotatable bonds is 6. The largest absolute Gasteiger partial charge is 0.383 e. The minimum atomic E-state index is -0.492. The van der Waals surface area contributed by atoms with Crippen molar-refractivity contribution in [3.05, 3.63) is 69.2 Å². The molecule has 2 aromatic carbocycles. The van der Waals surface area contributed by atoms with Gasteiger partial charge in [-0.1, -0.05) is 28.1 Å². The zero-order valence-electron chi connectivity index (χ0n) is 19.1. The average Bonchev–Trinajstić information content (AvgIpc) is 2.73. The van der Waals surface area contributed by atoms with Gasteiger partial charge in [-0.2, -0.15) is 0 Å². The van der Waals surface area contributed by atoms with Crippen molar-refractivity contribution in [2.45, 2.75) is 39.3 Å². The molecule has 0 radical (unpaired) electrons. The van der Waals surface area contributed by atoms with Crippen molar-refractivity contribution in [2.75, 3.05) is 20.3 Å². The monoisotopic (exact) mass is 500 g/mol. The summed E-state index contributed by atoms with van der Waals surface area (Å²) in [5.74, 6) is 0.483. The molecule has 0 saturated carbocycles. The summed E-state index contributed by atoms with van der Waals surface area (Å²) in [7, 11) is 1.59. The van der Waals surface area contributed by atoms with Gasteiger partial charge in [-0.15, -0.1) is 0 Å². The summed E-state index contributed by atoms with van der Waals surface area (Å²) in [5, 5.41) is 3.53. The minimum Gasteiger partial charge on any atom is -0.383 e. The van der Waals surface area contributed by atoms with Gasteiger partial charge in [-0.3, -0.25) is 9.36 Å². The molecule has 32 heavy (non-hydrogen) atoms. The number of amides is 2. The molecule has 0 spiro atoms. The Morgan fingerprint density at radius 1 is 1.19 bits per heavy atom. The van der Waals surface area contributed by atoms with Crippen molar-refractivity contribution in [2.24, 2.45) is 0 Å². The summed E-state index contributed by atoms with van der Waals surface area (Å²) in [6.07, 6.45) is 0. The number of fused-ring (bicyclic) bond motifs is 1. The zero-order chi connectivity index (χ0) is 23.5. The third-order valence-electron chi connectivity index (χ3n) is 5.01. The van der Waals surface area contributed by atoms with E-state index in [1.165, 1.54) is 0 Å². The second kappa shape index (κ2) is 9.83. The van der Waals surface area contributed by atoms with Crippen LogP contribution in [0.5, 0.6) is 0 Å². The van der Waals surface area contributed by atoms with Crippen molar-refractivity contribution < 1.29 is 9.53 Å². The first-order chi connectivity index (χ1) is 15.1. The zero-order valence-corrected chi connectivity index (χ0v) is 20.6. The molecule has 0 saturated heterocycles. The third kappa shape index (κ3) is 5.37. The van der Waals surface area contributed by atoms with E-state index in [4.69, 9.17) is 9.72 Å². The summed E-state index contributed by atoms with van der Waals surface area (Å²) in [5.41, 5.74) is 0.684. The van der Waals surface area contributed by atoms with E-state index in [1.54, 1.807) is 22.6 Å². The number of aromatic nitrogens is 2. The number of hydrogen-bond donors (Lipinski definition) is 1. The maximum absolute atomic E-state index is 13.5. The van der Waals surface area contributed by atoms with Crippen molar-refractivity contribution in [1.82, 2.24) is 19.8 Å². The molecule has 0 aliphatic rings. The van der Waals surface area contributed by atoms with E-state index in [-0.39, 0.29) is 11.6 Å². The van der Waals surface area contributed by atoms with Crippen LogP contribution in [0.1, 0.15) is 39.6 Å². The Balaban J connectivity index is 2.19. The van der Waals surface area contributed by atoms with Crippen LogP contribution in [0, 0.1) is 0 Å². The van der Waals surface area contributed by atoms with E-state index in [2.05, 4.69) is 21.2 Å². The minimum absolute atomic E-state index is 0.178. The number of hydrogen-bond acceptors (Lipinski definition) is 4. The van der Waals surface area contributed by atoms with Gasteiger partial charge in [0.2, 0.25) is 0 Å². The number of ether oxygens (including phenoxy) is 1. The third-order valence-corrected chi connectivity index (χ3v) is 5.54. The van der Waals surface area contributed by atoms with Gasteiger partial charge in [0.25, 0.3) is 5.56 Å². The molecule has 0 aliphatic carbocycles. The molecule has 3 rings (SSSR count). The highest BCUT2D eigenvalue weighted by Crippen LogP contribution is 2.24. The summed E-state index contributed by atoms with van der Waals surface area (Å²) in [6.45, 7) is 8.37. The van der Waals surface area contributed by atoms with Crippen molar-refractivity contribution in [1.29, 1.82) is 0 Å². The van der Waals surface area contributed by atoms with Crippen LogP contribution in [-0.4, -0.2) is 46.3 Å². The molecule has 0 fully saturated rings. The van der Waals surface area contributed by atoms with Crippen molar-refractivity contribution in [3.8, 4) is 5.69 Å². The Hall–Kier alpha value is -2.71. The summed E-state index contributed by atoms with van der Waals surface area (Å²) >= 11 is 3.44. The molecule has 0 bridgehead atoms. The highest BCUT2D eigenvalue weighted by molar-refractivity contribution is 9.10. The Bertz CT molecular complexity index is 1150. The Labute approximate surface area is 196 Å². The van der Waals surface area contributed by atoms with E-state index in [0.717, 1.165) is 4.47 Å². The lowest BCUT2D eigenvalue weighted by atomic mass is 10.1. The smallest absolute Gasteiger partial charge is 0.318 e. The molecule has 1 aromatic heterocycles. The van der Waals surface area contributed by atoms with Crippen molar-refractivity contribution in [3.63, 3.8) is 0 Å². The van der Waals surface area contributed by atoms with Crippen LogP contribution in [-0.2, 0) is 4.74 Å². The number of halogens is 1. The van der Waals surface area contributed by atoms with Crippen molar-refractivity contribution >= 4 is 32.9 Å². The number of urea groups is 1. The first-order valence-electron chi connectivity index (χ1n) is 10.5. The van der Waals surface area contributed by atoms with Crippen LogP contribution >= 0.6 is 15.9 Å². The van der Waals surface area contributed by atoms with E-state index in [0.29, 0.717) is 35.6 Å². The SMILES string of the molecule is COCCN(C(=O)NC(C)(C)C)C(C)c1nc2ccccc2c(=O)n1-c1ccc(Br)cc1. The van der Waals surface area contributed by atoms with Crippen LogP contribution in [0.15, 0.2) is 57.8 Å². The molecular formula is C24H29BrN4O3. The summed E-state index contributed by atoms with van der Waals surface area (Å²) in [6, 6.07) is 14.0. The van der Waals surface area contributed by atoms with Gasteiger partial charge in [0.05, 0.1) is 29.2 Å². The van der Waals surface area contributed by atoms with Crippen LogP contribution < -0.4 is 10.9 Å². The number of carbonyl (C=O) groups is 1. The standard InChI is InChI=1S/C24H29BrN4O3/c1-16(28(14-15-32-5)23(31)27-24(2,3)4)21-26-20-9-7-6-8-19(20)22(30)29(21)18-12-10-17(25)11-13-18/h6-13,16H,14-15H2,1-5H3,(H,27,31). The molecule has 1 N–H and O–H groups in total. The maximum Gasteiger partial charge on any atom is 0.318 e. The Kier molecular flexibility index (Phi) is 7.36. The van der Waals surface area contributed by atoms with Gasteiger partial charge in [0.1, 0.15) is 5.82 Å². The topological polar surface area (TPSA) is 76.5 Å². The molecule has 1 unspecified atom stereocenters. The number of benzene rings is 2. The molecule has 170 valence electrons. The number of para-hydroxylation sites is 1. The molecule has 8 heteroatoms. The van der Waals surface area contributed by atoms with Crippen LogP contribution in [0.25, 0.3) is 16.6 Å². The van der Waals surface area contributed by atoms with Crippen LogP contribution in [0.4, 0.5) is 4.79 Å². The quantitative estimate of drug-likeness (QED) is 0.533.